The maximum Gasteiger partial charge on any atom is 0.516 e. The standard InChI is InChI=1S/C23H17F6N3O2S.C23H20F3N3O3S/c24-22(25,26)16-9-5-14(6-10-16)7-12-21-30-19-11-8-15(13-20(19)31-21)17-3-1-2-4-18(17)32-35(33,34)23(27,28)29;1-32-17-10-6-15(7-11-17)8-13-22-27-20-12-9-16(14-21(20)28-22)18-4-2-3-5-19(18)29-33(30,31)23(24,25)26/h1-6,8-11,13,32H,7,12H2,(H,30,31);2-7,9-12,14,29H,8,13H2,1H3,(H,27,28). The van der Waals surface area contributed by atoms with Gasteiger partial charge in [0, 0.05) is 24.0 Å². The first-order valence-corrected chi connectivity index (χ1v) is 23.1. The molecule has 0 amide bonds. The van der Waals surface area contributed by atoms with Crippen molar-refractivity contribution in [2.45, 2.75) is 42.9 Å². The van der Waals surface area contributed by atoms with Gasteiger partial charge in [-0.15, -0.1) is 0 Å². The van der Waals surface area contributed by atoms with Crippen LogP contribution in [0, 0.1) is 0 Å². The average Bonchev–Trinajstić information content (AvgIpc) is 3.90. The van der Waals surface area contributed by atoms with E-state index in [1.807, 2.05) is 24.3 Å². The molecule has 0 aliphatic rings. The summed E-state index contributed by atoms with van der Waals surface area (Å²) in [7, 11) is -9.52. The molecular weight excluding hydrogens is 952 g/mol. The van der Waals surface area contributed by atoms with Crippen LogP contribution in [0.25, 0.3) is 44.3 Å². The van der Waals surface area contributed by atoms with Crippen molar-refractivity contribution < 1.29 is 61.1 Å². The monoisotopic (exact) mass is 988 g/mol. The molecule has 6 aromatic carbocycles. The molecule has 356 valence electrons. The van der Waals surface area contributed by atoms with E-state index < -0.39 is 42.8 Å². The molecule has 0 fully saturated rings. The number of sulfonamides is 2. The van der Waals surface area contributed by atoms with Crippen LogP contribution in [0.5, 0.6) is 5.75 Å². The molecule has 0 atom stereocenters. The van der Waals surface area contributed by atoms with E-state index in [1.54, 1.807) is 71.2 Å². The number of H-pyrrole nitrogens is 2. The van der Waals surface area contributed by atoms with Gasteiger partial charge in [-0.2, -0.15) is 56.3 Å². The lowest BCUT2D eigenvalue weighted by atomic mass is 10.0. The highest BCUT2D eigenvalue weighted by Crippen LogP contribution is 2.36. The Bertz CT molecular complexity index is 3280. The van der Waals surface area contributed by atoms with Crippen LogP contribution in [-0.4, -0.2) is 54.9 Å². The van der Waals surface area contributed by atoms with Crippen molar-refractivity contribution in [2.24, 2.45) is 0 Å². The van der Waals surface area contributed by atoms with Crippen LogP contribution in [0.15, 0.2) is 133 Å². The van der Waals surface area contributed by atoms with Crippen LogP contribution in [0.3, 0.4) is 0 Å². The Morgan fingerprint density at radius 2 is 0.912 bits per heavy atom. The van der Waals surface area contributed by atoms with Crippen molar-refractivity contribution in [3.8, 4) is 28.0 Å². The molecule has 68 heavy (non-hydrogen) atoms. The van der Waals surface area contributed by atoms with Crippen LogP contribution in [0.2, 0.25) is 0 Å². The second kappa shape index (κ2) is 19.3. The Morgan fingerprint density at radius 3 is 1.29 bits per heavy atom. The highest BCUT2D eigenvalue weighted by Gasteiger charge is 2.47. The van der Waals surface area contributed by atoms with Crippen LogP contribution in [0.1, 0.15) is 28.3 Å². The van der Waals surface area contributed by atoms with Crippen LogP contribution >= 0.6 is 0 Å². The number of aryl methyl sites for hydroxylation is 4. The number of halogens is 9. The van der Waals surface area contributed by atoms with Crippen LogP contribution < -0.4 is 14.2 Å². The Labute approximate surface area is 382 Å². The van der Waals surface area contributed by atoms with E-state index in [-0.39, 0.29) is 16.9 Å². The number of aromatic amines is 2. The zero-order chi connectivity index (χ0) is 49.1. The number of aromatic nitrogens is 4. The first-order valence-electron chi connectivity index (χ1n) is 20.1. The topological polar surface area (TPSA) is 159 Å². The fourth-order valence-electron chi connectivity index (χ4n) is 6.93. The molecule has 2 heterocycles. The zero-order valence-electron chi connectivity index (χ0n) is 35.2. The number of anilines is 2. The minimum absolute atomic E-state index is 0.159. The SMILES string of the molecule is COc1ccc(CCc2nc3ccc(-c4ccccc4NS(=O)(=O)C(F)(F)F)cc3[nH]2)cc1.O=S(=O)(Nc1ccccc1-c1ccc2nc(CCc3ccc(C(F)(F)F)cc3)[nH]c2c1)C(F)(F)F. The quantitative estimate of drug-likeness (QED) is 0.0837. The molecule has 0 unspecified atom stereocenters. The lowest BCUT2D eigenvalue weighted by molar-refractivity contribution is -0.137. The third kappa shape index (κ3) is 11.5. The van der Waals surface area contributed by atoms with Crippen LogP contribution in [0.4, 0.5) is 50.9 Å². The van der Waals surface area contributed by atoms with Crippen molar-refractivity contribution >= 4 is 53.5 Å². The normalized spacial score (nSPS) is 12.4. The van der Waals surface area contributed by atoms with E-state index >= 15 is 0 Å². The molecule has 8 rings (SSSR count). The lowest BCUT2D eigenvalue weighted by Gasteiger charge is -2.14. The van der Waals surface area contributed by atoms with Crippen molar-refractivity contribution in [3.05, 3.63) is 162 Å². The van der Waals surface area contributed by atoms with Gasteiger partial charge < -0.3 is 14.7 Å². The number of nitrogens with one attached hydrogen (secondary N) is 4. The third-order valence-electron chi connectivity index (χ3n) is 10.4. The van der Waals surface area contributed by atoms with Crippen molar-refractivity contribution in [1.29, 1.82) is 0 Å². The largest absolute Gasteiger partial charge is 0.516 e. The predicted molar refractivity (Wildman–Crippen MR) is 240 cm³/mol. The Hall–Kier alpha value is -7.07. The van der Waals surface area contributed by atoms with E-state index in [4.69, 9.17) is 4.74 Å². The molecule has 0 aliphatic carbocycles. The number of hydrogen-bond acceptors (Lipinski definition) is 7. The maximum absolute atomic E-state index is 12.8. The Kier molecular flexibility index (Phi) is 13.8. The number of imidazole rings is 2. The van der Waals surface area contributed by atoms with Gasteiger partial charge in [-0.3, -0.25) is 9.44 Å². The van der Waals surface area contributed by atoms with Gasteiger partial charge in [0.2, 0.25) is 0 Å². The highest BCUT2D eigenvalue weighted by atomic mass is 32.2. The van der Waals surface area contributed by atoms with Crippen LogP contribution in [-0.2, 0) is 51.9 Å². The lowest BCUT2D eigenvalue weighted by Crippen LogP contribution is -2.30. The van der Waals surface area contributed by atoms with E-state index in [0.29, 0.717) is 69.4 Å². The molecule has 0 saturated carbocycles. The summed E-state index contributed by atoms with van der Waals surface area (Å²) in [5.74, 6) is 2.12. The summed E-state index contributed by atoms with van der Waals surface area (Å²) in [6.45, 7) is 0. The fourth-order valence-corrected chi connectivity index (χ4v) is 8.09. The molecule has 0 spiro atoms. The first-order chi connectivity index (χ1) is 32.0. The number of rotatable bonds is 13. The molecule has 2 aromatic heterocycles. The number of para-hydroxylation sites is 2. The number of hydrogen-bond donors (Lipinski definition) is 4. The summed E-state index contributed by atoms with van der Waals surface area (Å²) in [6, 6.07) is 34.2. The fraction of sp³-hybridized carbons (Fsp3) is 0.174. The molecule has 22 heteroatoms. The number of methoxy groups -OCH3 is 1. The van der Waals surface area contributed by atoms with Gasteiger partial charge in [-0.05, 0) is 95.8 Å². The van der Waals surface area contributed by atoms with Gasteiger partial charge in [0.15, 0.2) is 0 Å². The second-order valence-electron chi connectivity index (χ2n) is 15.1. The summed E-state index contributed by atoms with van der Waals surface area (Å²) in [5.41, 5.74) is -6.05. The van der Waals surface area contributed by atoms with Gasteiger partial charge in [0.1, 0.15) is 17.4 Å². The number of fused-ring (bicyclic) bond motifs is 2. The minimum atomic E-state index is -5.60. The van der Waals surface area contributed by atoms with E-state index in [2.05, 4.69) is 19.9 Å². The third-order valence-corrected chi connectivity index (χ3v) is 12.6. The highest BCUT2D eigenvalue weighted by molar-refractivity contribution is 7.93. The molecule has 8 aromatic rings. The smallest absolute Gasteiger partial charge is 0.497 e. The molecule has 0 aliphatic heterocycles. The molecule has 11 nitrogen and oxygen atoms in total. The molecule has 0 bridgehead atoms. The first kappa shape index (κ1) is 48.9. The van der Waals surface area contributed by atoms with Gasteiger partial charge in [-0.1, -0.05) is 72.8 Å². The number of nitrogens with zero attached hydrogens (tertiary/aromatic N) is 2. The van der Waals surface area contributed by atoms with Gasteiger partial charge in [-0.25, -0.2) is 9.97 Å². The Morgan fingerprint density at radius 1 is 0.515 bits per heavy atom. The molecule has 0 saturated heterocycles. The second-order valence-corrected chi connectivity index (χ2v) is 18.4. The summed E-state index contributed by atoms with van der Waals surface area (Å²) in [6.07, 6.45) is -2.12. The van der Waals surface area contributed by atoms with E-state index in [9.17, 15) is 56.3 Å². The maximum atomic E-state index is 12.8. The summed E-state index contributed by atoms with van der Waals surface area (Å²) in [5, 5.41) is 0. The number of benzene rings is 6. The molecule has 4 N–H and O–H groups in total. The number of ether oxygens (including phenoxy) is 1. The van der Waals surface area contributed by atoms with Gasteiger partial charge >= 0.3 is 37.2 Å². The van der Waals surface area contributed by atoms with Crippen molar-refractivity contribution in [2.75, 3.05) is 16.6 Å². The van der Waals surface area contributed by atoms with E-state index in [0.717, 1.165) is 35.7 Å². The summed E-state index contributed by atoms with van der Waals surface area (Å²) < 4.78 is 170. The van der Waals surface area contributed by atoms with Crippen molar-refractivity contribution in [1.82, 2.24) is 19.9 Å². The summed E-state index contributed by atoms with van der Waals surface area (Å²) >= 11 is 0. The minimum Gasteiger partial charge on any atom is -0.497 e. The van der Waals surface area contributed by atoms with Gasteiger partial charge in [0.05, 0.1) is 46.1 Å². The molecule has 0 radical (unpaired) electrons. The van der Waals surface area contributed by atoms with E-state index in [1.165, 1.54) is 42.5 Å². The molecular formula is C46H37F9N6O5S2. The van der Waals surface area contributed by atoms with Crippen molar-refractivity contribution in [3.63, 3.8) is 0 Å². The summed E-state index contributed by atoms with van der Waals surface area (Å²) in [4.78, 5) is 15.3. The van der Waals surface area contributed by atoms with Gasteiger partial charge in [0.25, 0.3) is 0 Å². The zero-order valence-corrected chi connectivity index (χ0v) is 36.8. The predicted octanol–water partition coefficient (Wildman–Crippen LogP) is 11.6. The number of alkyl halides is 9. The average molecular weight is 989 g/mol. The Balaban J connectivity index is 0.000000202.